The molecule has 0 bridgehead atoms. The van der Waals surface area contributed by atoms with E-state index in [9.17, 15) is 9.59 Å². The summed E-state index contributed by atoms with van der Waals surface area (Å²) in [5.41, 5.74) is 5.12. The lowest BCUT2D eigenvalue weighted by Gasteiger charge is -2.12. The Bertz CT molecular complexity index is 914. The third-order valence-electron chi connectivity index (χ3n) is 3.21. The first-order valence-electron chi connectivity index (χ1n) is 7.61. The van der Waals surface area contributed by atoms with Gasteiger partial charge in [0.05, 0.1) is 15.7 Å². The van der Waals surface area contributed by atoms with E-state index in [0.717, 1.165) is 3.57 Å². The Labute approximate surface area is 190 Å². The third-order valence-corrected chi connectivity index (χ3v) is 4.79. The van der Waals surface area contributed by atoms with Gasteiger partial charge >= 0.3 is 0 Å². The Kier molecular flexibility index (Phi) is 8.55. The van der Waals surface area contributed by atoms with Crippen molar-refractivity contribution in [2.24, 2.45) is 0 Å². The van der Waals surface area contributed by atoms with Gasteiger partial charge in [0.25, 0.3) is 11.8 Å². The zero-order valence-corrected chi connectivity index (χ0v) is 18.8. The zero-order valence-electron chi connectivity index (χ0n) is 14.3. The molecule has 148 valence electrons. The fourth-order valence-electron chi connectivity index (χ4n) is 1.91. The second kappa shape index (κ2) is 10.6. The van der Waals surface area contributed by atoms with Crippen LogP contribution in [0, 0.1) is 3.57 Å². The van der Waals surface area contributed by atoms with Crippen LogP contribution < -0.4 is 25.6 Å². The van der Waals surface area contributed by atoms with Crippen LogP contribution in [-0.2, 0) is 4.79 Å². The number of carbonyl (C=O) groups is 2. The van der Waals surface area contributed by atoms with Gasteiger partial charge in [0.1, 0.15) is 11.5 Å². The van der Waals surface area contributed by atoms with Crippen LogP contribution in [0.2, 0.25) is 10.0 Å². The molecule has 0 aliphatic carbocycles. The van der Waals surface area contributed by atoms with Gasteiger partial charge in [-0.3, -0.25) is 25.8 Å². The number of amides is 2. The summed E-state index contributed by atoms with van der Waals surface area (Å²) >= 11 is 18.8. The second-order valence-corrected chi connectivity index (χ2v) is 7.58. The fraction of sp³-hybridized carbons (Fsp3) is 0.118. The number of ether oxygens (including phenoxy) is 2. The molecule has 28 heavy (non-hydrogen) atoms. The topological polar surface area (TPSA) is 88.7 Å². The van der Waals surface area contributed by atoms with Crippen molar-refractivity contribution in [3.05, 3.63) is 55.6 Å². The van der Waals surface area contributed by atoms with E-state index in [1.165, 1.54) is 6.07 Å². The van der Waals surface area contributed by atoms with Gasteiger partial charge in [0.15, 0.2) is 11.7 Å². The van der Waals surface area contributed by atoms with Crippen LogP contribution in [0.5, 0.6) is 11.5 Å². The minimum absolute atomic E-state index is 0.0753. The normalized spacial score (nSPS) is 10.0. The van der Waals surface area contributed by atoms with E-state index in [1.807, 2.05) is 0 Å². The van der Waals surface area contributed by atoms with Crippen LogP contribution >= 0.6 is 58.0 Å². The van der Waals surface area contributed by atoms with E-state index in [1.54, 1.807) is 37.4 Å². The number of halogens is 3. The lowest BCUT2D eigenvalue weighted by Crippen LogP contribution is -2.49. The molecule has 2 amide bonds. The Morgan fingerprint density at radius 2 is 1.82 bits per heavy atom. The number of hydrogen-bond donors (Lipinski definition) is 3. The minimum atomic E-state index is -0.526. The lowest BCUT2D eigenvalue weighted by atomic mass is 10.2. The summed E-state index contributed by atoms with van der Waals surface area (Å²) in [6.07, 6.45) is 0. The second-order valence-electron chi connectivity index (χ2n) is 5.17. The molecule has 2 aromatic carbocycles. The molecule has 0 heterocycles. The molecule has 2 rings (SSSR count). The van der Waals surface area contributed by atoms with Gasteiger partial charge in [-0.15, -0.1) is 0 Å². The number of hydrogen-bond acceptors (Lipinski definition) is 5. The van der Waals surface area contributed by atoms with Crippen molar-refractivity contribution in [1.82, 2.24) is 16.2 Å². The highest BCUT2D eigenvalue weighted by Crippen LogP contribution is 2.27. The molecule has 2 aromatic rings. The highest BCUT2D eigenvalue weighted by atomic mass is 127. The summed E-state index contributed by atoms with van der Waals surface area (Å²) in [6, 6.07) is 9.56. The van der Waals surface area contributed by atoms with Crippen LogP contribution in [0.3, 0.4) is 0 Å². The number of thiocarbonyl (C=S) groups is 1. The minimum Gasteiger partial charge on any atom is -0.496 e. The number of benzene rings is 2. The predicted molar refractivity (Wildman–Crippen MR) is 119 cm³/mol. The summed E-state index contributed by atoms with van der Waals surface area (Å²) < 4.78 is 11.2. The van der Waals surface area contributed by atoms with E-state index in [4.69, 9.17) is 44.9 Å². The number of carbonyl (C=O) groups excluding carboxylic acids is 2. The van der Waals surface area contributed by atoms with Gasteiger partial charge < -0.3 is 9.47 Å². The highest BCUT2D eigenvalue weighted by molar-refractivity contribution is 14.1. The highest BCUT2D eigenvalue weighted by Gasteiger charge is 2.11. The molecule has 0 aromatic heterocycles. The Balaban J connectivity index is 1.79. The molecule has 7 nitrogen and oxygen atoms in total. The van der Waals surface area contributed by atoms with Crippen molar-refractivity contribution >= 4 is 74.9 Å². The molecule has 0 aliphatic rings. The first kappa shape index (κ1) is 22.5. The van der Waals surface area contributed by atoms with Crippen molar-refractivity contribution in [2.45, 2.75) is 0 Å². The van der Waals surface area contributed by atoms with Gasteiger partial charge in [-0.05, 0) is 71.2 Å². The van der Waals surface area contributed by atoms with Crippen LogP contribution in [0.1, 0.15) is 10.4 Å². The lowest BCUT2D eigenvalue weighted by molar-refractivity contribution is -0.123. The SMILES string of the molecule is COc1ccc(C(=O)NC(=S)NNC(=O)COc2ccc(Cl)cc2Cl)cc1I. The van der Waals surface area contributed by atoms with E-state index in [0.29, 0.717) is 22.1 Å². The van der Waals surface area contributed by atoms with E-state index < -0.39 is 11.8 Å². The van der Waals surface area contributed by atoms with Crippen molar-refractivity contribution in [1.29, 1.82) is 0 Å². The Hall–Kier alpha value is -1.82. The van der Waals surface area contributed by atoms with Crippen molar-refractivity contribution in [2.75, 3.05) is 13.7 Å². The number of nitrogens with one attached hydrogen (secondary N) is 3. The standard InChI is InChI=1S/C17H14Cl2IN3O4S/c1-26-14-4-2-9(6-12(14)20)16(25)21-17(28)23-22-15(24)8-27-13-5-3-10(18)7-11(13)19/h2-7H,8H2,1H3,(H,22,24)(H2,21,23,25,28). The molecule has 0 fully saturated rings. The van der Waals surface area contributed by atoms with Crippen LogP contribution in [0.25, 0.3) is 0 Å². The number of rotatable bonds is 5. The predicted octanol–water partition coefficient (Wildman–Crippen LogP) is 3.32. The zero-order chi connectivity index (χ0) is 20.7. The summed E-state index contributed by atoms with van der Waals surface area (Å²) in [5.74, 6) is 0.00948. The van der Waals surface area contributed by atoms with E-state index in [-0.39, 0.29) is 16.7 Å². The van der Waals surface area contributed by atoms with Crippen LogP contribution in [0.15, 0.2) is 36.4 Å². The Morgan fingerprint density at radius 3 is 2.46 bits per heavy atom. The monoisotopic (exact) mass is 553 g/mol. The molecular formula is C17H14Cl2IN3O4S. The Morgan fingerprint density at radius 1 is 1.11 bits per heavy atom. The summed E-state index contributed by atoms with van der Waals surface area (Å²) in [7, 11) is 1.55. The molecule has 0 aliphatic heterocycles. The van der Waals surface area contributed by atoms with Crippen LogP contribution in [-0.4, -0.2) is 30.6 Å². The molecule has 0 unspecified atom stereocenters. The molecule has 3 N–H and O–H groups in total. The summed E-state index contributed by atoms with van der Waals surface area (Å²) in [4.78, 5) is 24.0. The molecule has 0 saturated carbocycles. The smallest absolute Gasteiger partial charge is 0.276 e. The first-order valence-corrected chi connectivity index (χ1v) is 9.86. The average molecular weight is 554 g/mol. The van der Waals surface area contributed by atoms with Crippen LogP contribution in [0.4, 0.5) is 0 Å². The maximum atomic E-state index is 12.2. The van der Waals surface area contributed by atoms with Gasteiger partial charge in [-0.25, -0.2) is 0 Å². The first-order chi connectivity index (χ1) is 13.3. The van der Waals surface area contributed by atoms with E-state index in [2.05, 4.69) is 38.8 Å². The quantitative estimate of drug-likeness (QED) is 0.299. The van der Waals surface area contributed by atoms with Gasteiger partial charge in [0.2, 0.25) is 0 Å². The maximum Gasteiger partial charge on any atom is 0.276 e. The molecule has 0 spiro atoms. The van der Waals surface area contributed by atoms with Gasteiger partial charge in [0, 0.05) is 10.6 Å². The largest absolute Gasteiger partial charge is 0.496 e. The maximum absolute atomic E-state index is 12.2. The summed E-state index contributed by atoms with van der Waals surface area (Å²) in [5, 5.41) is 3.11. The number of hydrazine groups is 1. The molecule has 0 atom stereocenters. The molecular weight excluding hydrogens is 540 g/mol. The van der Waals surface area contributed by atoms with Crippen molar-refractivity contribution in [3.63, 3.8) is 0 Å². The van der Waals surface area contributed by atoms with Crippen molar-refractivity contribution in [3.8, 4) is 11.5 Å². The van der Waals surface area contributed by atoms with Gasteiger partial charge in [-0.2, -0.15) is 0 Å². The van der Waals surface area contributed by atoms with E-state index >= 15 is 0 Å². The van der Waals surface area contributed by atoms with Crippen molar-refractivity contribution < 1.29 is 19.1 Å². The van der Waals surface area contributed by atoms with Gasteiger partial charge in [-0.1, -0.05) is 23.2 Å². The fourth-order valence-corrected chi connectivity index (χ4v) is 3.25. The summed E-state index contributed by atoms with van der Waals surface area (Å²) in [6.45, 7) is -0.318. The molecule has 0 radical (unpaired) electrons. The number of methoxy groups -OCH3 is 1. The molecule has 11 heteroatoms. The third kappa shape index (κ3) is 6.66. The average Bonchev–Trinajstić information content (AvgIpc) is 2.65. The molecule has 0 saturated heterocycles.